The minimum Gasteiger partial charge on any atom is -0.338 e. The van der Waals surface area contributed by atoms with Crippen LogP contribution in [0, 0.1) is 5.92 Å². The molecule has 3 heteroatoms. The van der Waals surface area contributed by atoms with Crippen LogP contribution in [0.4, 0.5) is 0 Å². The lowest BCUT2D eigenvalue weighted by atomic mass is 9.95. The number of likely N-dealkylation sites (tertiary alicyclic amines) is 1. The van der Waals surface area contributed by atoms with Crippen LogP contribution in [0.1, 0.15) is 43.0 Å². The van der Waals surface area contributed by atoms with Gasteiger partial charge in [-0.3, -0.25) is 4.79 Å². The molecule has 1 saturated heterocycles. The van der Waals surface area contributed by atoms with Crippen molar-refractivity contribution < 1.29 is 4.79 Å². The maximum absolute atomic E-state index is 12.3. The topological polar surface area (TPSA) is 46.3 Å². The van der Waals surface area contributed by atoms with E-state index in [-0.39, 0.29) is 11.9 Å². The molecule has 1 heterocycles. The van der Waals surface area contributed by atoms with Crippen molar-refractivity contribution in [1.29, 1.82) is 0 Å². The summed E-state index contributed by atoms with van der Waals surface area (Å²) < 4.78 is 0. The Morgan fingerprint density at radius 3 is 2.84 bits per heavy atom. The standard InChI is InChI=1S/C16H24N2O/c1-2-3-9-15(17)14-10-11-18(12-14)16(19)13-7-5-4-6-8-13/h4-8,14-15H,2-3,9-12,17H2,1H3. The Balaban J connectivity index is 1.89. The van der Waals surface area contributed by atoms with E-state index in [1.807, 2.05) is 35.2 Å². The summed E-state index contributed by atoms with van der Waals surface area (Å²) in [6.07, 6.45) is 4.50. The highest BCUT2D eigenvalue weighted by Gasteiger charge is 2.30. The smallest absolute Gasteiger partial charge is 0.253 e. The van der Waals surface area contributed by atoms with E-state index in [0.717, 1.165) is 31.5 Å². The lowest BCUT2D eigenvalue weighted by molar-refractivity contribution is 0.0785. The molecule has 1 fully saturated rings. The predicted octanol–water partition coefficient (Wildman–Crippen LogP) is 2.67. The van der Waals surface area contributed by atoms with E-state index < -0.39 is 0 Å². The quantitative estimate of drug-likeness (QED) is 0.884. The molecule has 2 N–H and O–H groups in total. The molecular weight excluding hydrogens is 236 g/mol. The van der Waals surface area contributed by atoms with Gasteiger partial charge >= 0.3 is 0 Å². The van der Waals surface area contributed by atoms with Crippen LogP contribution in [0.15, 0.2) is 30.3 Å². The van der Waals surface area contributed by atoms with Crippen molar-refractivity contribution in [2.24, 2.45) is 11.7 Å². The Bertz CT molecular complexity index is 404. The average Bonchev–Trinajstić information content (AvgIpc) is 2.94. The normalized spacial score (nSPS) is 20.5. The lowest BCUT2D eigenvalue weighted by Crippen LogP contribution is -2.34. The van der Waals surface area contributed by atoms with Crippen molar-refractivity contribution in [2.75, 3.05) is 13.1 Å². The molecule has 0 bridgehead atoms. The summed E-state index contributed by atoms with van der Waals surface area (Å²) in [7, 11) is 0. The zero-order chi connectivity index (χ0) is 13.7. The van der Waals surface area contributed by atoms with Crippen molar-refractivity contribution in [2.45, 2.75) is 38.6 Å². The fourth-order valence-corrected chi connectivity index (χ4v) is 2.76. The number of rotatable bonds is 5. The maximum Gasteiger partial charge on any atom is 0.253 e. The van der Waals surface area contributed by atoms with Gasteiger partial charge in [-0.05, 0) is 30.9 Å². The molecule has 0 saturated carbocycles. The predicted molar refractivity (Wildman–Crippen MR) is 78.0 cm³/mol. The van der Waals surface area contributed by atoms with Crippen molar-refractivity contribution >= 4 is 5.91 Å². The molecule has 1 aromatic carbocycles. The van der Waals surface area contributed by atoms with Gasteiger partial charge < -0.3 is 10.6 Å². The number of carbonyl (C=O) groups excluding carboxylic acids is 1. The van der Waals surface area contributed by atoms with Crippen LogP contribution in [0.25, 0.3) is 0 Å². The molecule has 0 aliphatic carbocycles. The minimum atomic E-state index is 0.144. The number of unbranched alkanes of at least 4 members (excludes halogenated alkanes) is 1. The van der Waals surface area contributed by atoms with Crippen molar-refractivity contribution in [3.8, 4) is 0 Å². The van der Waals surface area contributed by atoms with E-state index in [4.69, 9.17) is 5.73 Å². The number of benzene rings is 1. The third kappa shape index (κ3) is 3.57. The van der Waals surface area contributed by atoms with E-state index in [2.05, 4.69) is 6.92 Å². The third-order valence-corrected chi connectivity index (χ3v) is 4.03. The summed E-state index contributed by atoms with van der Waals surface area (Å²) in [5.41, 5.74) is 7.01. The first kappa shape index (κ1) is 14.1. The Morgan fingerprint density at radius 2 is 2.16 bits per heavy atom. The molecule has 0 aromatic heterocycles. The van der Waals surface area contributed by atoms with E-state index in [0.29, 0.717) is 5.92 Å². The first-order valence-electron chi connectivity index (χ1n) is 7.32. The molecule has 0 spiro atoms. The van der Waals surface area contributed by atoms with Gasteiger partial charge in [-0.15, -0.1) is 0 Å². The van der Waals surface area contributed by atoms with Crippen molar-refractivity contribution in [3.05, 3.63) is 35.9 Å². The van der Waals surface area contributed by atoms with Gasteiger partial charge in [-0.2, -0.15) is 0 Å². The molecule has 3 nitrogen and oxygen atoms in total. The SMILES string of the molecule is CCCCC(N)C1CCN(C(=O)c2ccccc2)C1. The van der Waals surface area contributed by atoms with Crippen LogP contribution >= 0.6 is 0 Å². The van der Waals surface area contributed by atoms with Crippen LogP contribution in [0.3, 0.4) is 0 Å². The Labute approximate surface area is 115 Å². The largest absolute Gasteiger partial charge is 0.338 e. The number of nitrogens with zero attached hydrogens (tertiary/aromatic N) is 1. The first-order valence-corrected chi connectivity index (χ1v) is 7.32. The van der Waals surface area contributed by atoms with Crippen LogP contribution in [0.5, 0.6) is 0 Å². The summed E-state index contributed by atoms with van der Waals surface area (Å²) in [4.78, 5) is 14.3. The molecule has 2 atom stereocenters. The van der Waals surface area contributed by atoms with Crippen LogP contribution in [-0.4, -0.2) is 29.9 Å². The van der Waals surface area contributed by atoms with Gasteiger partial charge in [0.15, 0.2) is 0 Å². The molecular formula is C16H24N2O. The van der Waals surface area contributed by atoms with Crippen LogP contribution in [0.2, 0.25) is 0 Å². The molecule has 1 amide bonds. The second kappa shape index (κ2) is 6.71. The van der Waals surface area contributed by atoms with Crippen LogP contribution in [-0.2, 0) is 0 Å². The summed E-state index contributed by atoms with van der Waals surface area (Å²) in [6.45, 7) is 3.85. The summed E-state index contributed by atoms with van der Waals surface area (Å²) in [6, 6.07) is 9.76. The number of hydrogen-bond donors (Lipinski definition) is 1. The Hall–Kier alpha value is -1.35. The molecule has 1 aliphatic heterocycles. The highest BCUT2D eigenvalue weighted by Crippen LogP contribution is 2.23. The molecule has 19 heavy (non-hydrogen) atoms. The van der Waals surface area contributed by atoms with E-state index in [9.17, 15) is 4.79 Å². The number of hydrogen-bond acceptors (Lipinski definition) is 2. The number of amides is 1. The van der Waals surface area contributed by atoms with Gasteiger partial charge in [0.25, 0.3) is 5.91 Å². The molecule has 1 aromatic rings. The minimum absolute atomic E-state index is 0.144. The number of nitrogens with two attached hydrogens (primary N) is 1. The van der Waals surface area contributed by atoms with Crippen molar-refractivity contribution in [3.63, 3.8) is 0 Å². The van der Waals surface area contributed by atoms with Gasteiger partial charge in [0.05, 0.1) is 0 Å². The van der Waals surface area contributed by atoms with E-state index in [1.165, 1.54) is 12.8 Å². The first-order chi connectivity index (χ1) is 9.22. The molecule has 1 aliphatic rings. The zero-order valence-electron chi connectivity index (χ0n) is 11.7. The average molecular weight is 260 g/mol. The van der Waals surface area contributed by atoms with E-state index >= 15 is 0 Å². The van der Waals surface area contributed by atoms with Crippen LogP contribution < -0.4 is 5.73 Å². The van der Waals surface area contributed by atoms with Gasteiger partial charge in [0.1, 0.15) is 0 Å². The third-order valence-electron chi connectivity index (χ3n) is 4.03. The monoisotopic (exact) mass is 260 g/mol. The number of carbonyl (C=O) groups is 1. The van der Waals surface area contributed by atoms with Gasteiger partial charge in [-0.1, -0.05) is 38.0 Å². The zero-order valence-corrected chi connectivity index (χ0v) is 11.7. The van der Waals surface area contributed by atoms with Crippen molar-refractivity contribution in [1.82, 2.24) is 4.90 Å². The lowest BCUT2D eigenvalue weighted by Gasteiger charge is -2.20. The summed E-state index contributed by atoms with van der Waals surface area (Å²) in [5, 5.41) is 0. The Morgan fingerprint density at radius 1 is 1.42 bits per heavy atom. The second-order valence-corrected chi connectivity index (χ2v) is 5.47. The summed E-state index contributed by atoms with van der Waals surface area (Å²) in [5.74, 6) is 0.616. The summed E-state index contributed by atoms with van der Waals surface area (Å²) >= 11 is 0. The fourth-order valence-electron chi connectivity index (χ4n) is 2.76. The highest BCUT2D eigenvalue weighted by molar-refractivity contribution is 5.94. The fraction of sp³-hybridized carbons (Fsp3) is 0.562. The Kier molecular flexibility index (Phi) is 4.97. The van der Waals surface area contributed by atoms with E-state index in [1.54, 1.807) is 0 Å². The van der Waals surface area contributed by atoms with Gasteiger partial charge in [0.2, 0.25) is 0 Å². The highest BCUT2D eigenvalue weighted by atomic mass is 16.2. The maximum atomic E-state index is 12.3. The second-order valence-electron chi connectivity index (χ2n) is 5.47. The molecule has 0 radical (unpaired) electrons. The van der Waals surface area contributed by atoms with Gasteiger partial charge in [-0.25, -0.2) is 0 Å². The van der Waals surface area contributed by atoms with Gasteiger partial charge in [0, 0.05) is 24.7 Å². The molecule has 104 valence electrons. The molecule has 2 rings (SSSR count). The molecule has 2 unspecified atom stereocenters.